The summed E-state index contributed by atoms with van der Waals surface area (Å²) in [6, 6.07) is 0. The zero-order valence-corrected chi connectivity index (χ0v) is 15.3. The highest BCUT2D eigenvalue weighted by Crippen LogP contribution is 2.35. The normalized spacial score (nSPS) is 14.0. The van der Waals surface area contributed by atoms with Crippen LogP contribution >= 0.6 is 11.8 Å². The third-order valence-electron chi connectivity index (χ3n) is 4.33. The molecular formula is C18H36O2S. The Kier molecular flexibility index (Phi) is 13.4. The van der Waals surface area contributed by atoms with Gasteiger partial charge in [0.05, 0.1) is 6.42 Å². The lowest BCUT2D eigenvalue weighted by atomic mass is 9.78. The molecule has 0 heterocycles. The molecule has 0 aliphatic heterocycles. The van der Waals surface area contributed by atoms with Crippen LogP contribution in [0, 0.1) is 5.41 Å². The molecule has 0 saturated carbocycles. The Balaban J connectivity index is 3.93. The molecule has 0 rings (SSSR count). The summed E-state index contributed by atoms with van der Waals surface area (Å²) in [5.74, 6) is 1.20. The molecule has 1 atom stereocenters. The predicted molar refractivity (Wildman–Crippen MR) is 95.2 cm³/mol. The number of carboxylic acids is 1. The van der Waals surface area contributed by atoms with Gasteiger partial charge in [0.25, 0.3) is 0 Å². The van der Waals surface area contributed by atoms with Crippen LogP contribution < -0.4 is 0 Å². The van der Waals surface area contributed by atoms with Crippen LogP contribution in [0.3, 0.4) is 0 Å². The van der Waals surface area contributed by atoms with Crippen molar-refractivity contribution in [2.24, 2.45) is 5.41 Å². The van der Waals surface area contributed by atoms with Crippen LogP contribution in [-0.4, -0.2) is 22.6 Å². The summed E-state index contributed by atoms with van der Waals surface area (Å²) < 4.78 is 0. The van der Waals surface area contributed by atoms with Crippen molar-refractivity contribution in [3.63, 3.8) is 0 Å². The largest absolute Gasteiger partial charge is 0.481 e. The number of carboxylic acid groups (broad SMARTS) is 1. The molecule has 0 saturated heterocycles. The average Bonchev–Trinajstić information content (AvgIpc) is 2.44. The van der Waals surface area contributed by atoms with Crippen molar-refractivity contribution in [3.8, 4) is 0 Å². The van der Waals surface area contributed by atoms with E-state index >= 15 is 0 Å². The molecule has 0 aromatic rings. The van der Waals surface area contributed by atoms with Gasteiger partial charge in [0.1, 0.15) is 0 Å². The Morgan fingerprint density at radius 3 is 2.14 bits per heavy atom. The van der Waals surface area contributed by atoms with Gasteiger partial charge in [-0.2, -0.15) is 11.8 Å². The average molecular weight is 317 g/mol. The van der Waals surface area contributed by atoms with Crippen LogP contribution in [0.4, 0.5) is 0 Å². The van der Waals surface area contributed by atoms with Crippen molar-refractivity contribution in [1.82, 2.24) is 0 Å². The number of unbranched alkanes of at least 4 members (excludes halogenated alkanes) is 5. The van der Waals surface area contributed by atoms with Crippen LogP contribution in [0.1, 0.15) is 91.4 Å². The first-order valence-corrected chi connectivity index (χ1v) is 9.99. The van der Waals surface area contributed by atoms with Gasteiger partial charge >= 0.3 is 5.97 Å². The van der Waals surface area contributed by atoms with Gasteiger partial charge in [-0.05, 0) is 30.4 Å². The first kappa shape index (κ1) is 20.8. The summed E-state index contributed by atoms with van der Waals surface area (Å²) >= 11 is 1.81. The third kappa shape index (κ3) is 13.2. The summed E-state index contributed by atoms with van der Waals surface area (Å²) in [6.07, 6.45) is 13.6. The van der Waals surface area contributed by atoms with Gasteiger partial charge in [0, 0.05) is 5.75 Å². The molecule has 0 amide bonds. The van der Waals surface area contributed by atoms with E-state index in [9.17, 15) is 4.79 Å². The van der Waals surface area contributed by atoms with E-state index in [0.29, 0.717) is 11.8 Å². The molecule has 0 spiro atoms. The molecule has 1 N–H and O–H groups in total. The van der Waals surface area contributed by atoms with Gasteiger partial charge < -0.3 is 5.11 Å². The van der Waals surface area contributed by atoms with Crippen molar-refractivity contribution in [2.75, 3.05) is 11.5 Å². The number of hydrogen-bond acceptors (Lipinski definition) is 2. The maximum Gasteiger partial charge on any atom is 0.304 e. The fourth-order valence-electron chi connectivity index (χ4n) is 2.71. The minimum absolute atomic E-state index is 0.299. The molecular weight excluding hydrogens is 280 g/mol. The predicted octanol–water partition coefficient (Wildman–Crippen LogP) is 6.14. The Morgan fingerprint density at radius 1 is 0.905 bits per heavy atom. The van der Waals surface area contributed by atoms with Crippen LogP contribution in [0.2, 0.25) is 0 Å². The van der Waals surface area contributed by atoms with Crippen LogP contribution in [-0.2, 0) is 4.79 Å². The van der Waals surface area contributed by atoms with Gasteiger partial charge in [-0.15, -0.1) is 0 Å². The van der Waals surface area contributed by atoms with E-state index in [1.807, 2.05) is 11.8 Å². The molecule has 0 aromatic carbocycles. The molecule has 0 bridgehead atoms. The molecule has 126 valence electrons. The van der Waals surface area contributed by atoms with E-state index < -0.39 is 5.97 Å². The fraction of sp³-hybridized carbons (Fsp3) is 0.944. The van der Waals surface area contributed by atoms with E-state index in [-0.39, 0.29) is 0 Å². The van der Waals surface area contributed by atoms with Crippen molar-refractivity contribution in [2.45, 2.75) is 91.4 Å². The lowest BCUT2D eigenvalue weighted by Crippen LogP contribution is -2.18. The third-order valence-corrected chi connectivity index (χ3v) is 5.31. The van der Waals surface area contributed by atoms with Crippen molar-refractivity contribution in [1.29, 1.82) is 0 Å². The molecule has 3 heteroatoms. The van der Waals surface area contributed by atoms with E-state index in [2.05, 4.69) is 20.8 Å². The van der Waals surface area contributed by atoms with E-state index in [1.54, 1.807) is 0 Å². The van der Waals surface area contributed by atoms with Crippen LogP contribution in [0.15, 0.2) is 0 Å². The van der Waals surface area contributed by atoms with E-state index in [4.69, 9.17) is 5.11 Å². The zero-order valence-electron chi connectivity index (χ0n) is 14.5. The molecule has 2 nitrogen and oxygen atoms in total. The molecule has 0 fully saturated rings. The molecule has 21 heavy (non-hydrogen) atoms. The van der Waals surface area contributed by atoms with Crippen LogP contribution in [0.5, 0.6) is 0 Å². The summed E-state index contributed by atoms with van der Waals surface area (Å²) in [4.78, 5) is 10.5. The van der Waals surface area contributed by atoms with Gasteiger partial charge in [-0.1, -0.05) is 65.7 Å². The summed E-state index contributed by atoms with van der Waals surface area (Å²) in [7, 11) is 0. The number of thioether (sulfide) groups is 1. The molecule has 0 aliphatic rings. The second-order valence-corrected chi connectivity index (χ2v) is 7.81. The summed E-state index contributed by atoms with van der Waals surface area (Å²) in [5, 5.41) is 8.66. The molecule has 0 aromatic heterocycles. The van der Waals surface area contributed by atoms with Gasteiger partial charge in [-0.25, -0.2) is 0 Å². The first-order valence-electron chi connectivity index (χ1n) is 8.83. The smallest absolute Gasteiger partial charge is 0.304 e. The van der Waals surface area contributed by atoms with Gasteiger partial charge in [0.2, 0.25) is 0 Å². The topological polar surface area (TPSA) is 37.3 Å². The number of aliphatic carboxylic acids is 1. The van der Waals surface area contributed by atoms with Gasteiger partial charge in [0.15, 0.2) is 0 Å². The highest BCUT2D eigenvalue weighted by molar-refractivity contribution is 7.99. The minimum atomic E-state index is -0.674. The number of rotatable bonds is 15. The van der Waals surface area contributed by atoms with Gasteiger partial charge in [-0.3, -0.25) is 4.79 Å². The molecule has 1 unspecified atom stereocenters. The first-order chi connectivity index (χ1) is 10.0. The molecule has 0 aliphatic carbocycles. The highest BCUT2D eigenvalue weighted by atomic mass is 32.2. The second-order valence-electron chi connectivity index (χ2n) is 6.58. The Hall–Kier alpha value is -0.180. The SMILES string of the molecule is CCCCCCCC(C)(CCCC)CCSCCC(=O)O. The highest BCUT2D eigenvalue weighted by Gasteiger charge is 2.22. The lowest BCUT2D eigenvalue weighted by molar-refractivity contribution is -0.136. The Bertz CT molecular complexity index is 256. The van der Waals surface area contributed by atoms with E-state index in [0.717, 1.165) is 11.5 Å². The fourth-order valence-corrected chi connectivity index (χ4v) is 3.87. The maximum atomic E-state index is 10.5. The Morgan fingerprint density at radius 2 is 1.52 bits per heavy atom. The quantitative estimate of drug-likeness (QED) is 0.369. The van der Waals surface area contributed by atoms with E-state index in [1.165, 1.54) is 64.2 Å². The minimum Gasteiger partial charge on any atom is -0.481 e. The monoisotopic (exact) mass is 316 g/mol. The summed E-state index contributed by atoms with van der Waals surface area (Å²) in [6.45, 7) is 6.98. The van der Waals surface area contributed by atoms with Crippen molar-refractivity contribution in [3.05, 3.63) is 0 Å². The Labute approximate surface area is 136 Å². The van der Waals surface area contributed by atoms with Crippen molar-refractivity contribution >= 4 is 17.7 Å². The van der Waals surface area contributed by atoms with Crippen molar-refractivity contribution < 1.29 is 9.90 Å². The van der Waals surface area contributed by atoms with Crippen LogP contribution in [0.25, 0.3) is 0 Å². The maximum absolute atomic E-state index is 10.5. The molecule has 0 radical (unpaired) electrons. The summed E-state index contributed by atoms with van der Waals surface area (Å²) in [5.41, 5.74) is 0.471. The number of carbonyl (C=O) groups is 1. The number of hydrogen-bond donors (Lipinski definition) is 1. The lowest BCUT2D eigenvalue weighted by Gasteiger charge is -2.30. The second kappa shape index (κ2) is 13.5. The standard InChI is InChI=1S/C18H36O2S/c1-4-6-8-9-10-13-18(3,12-7-5-2)14-16-21-15-11-17(19)20/h4-16H2,1-3H3,(H,19,20). The zero-order chi connectivity index (χ0) is 16.0.